The van der Waals surface area contributed by atoms with Crippen molar-refractivity contribution in [2.24, 2.45) is 5.92 Å². The third-order valence-corrected chi connectivity index (χ3v) is 4.48. The highest BCUT2D eigenvalue weighted by Crippen LogP contribution is 2.38. The van der Waals surface area contributed by atoms with E-state index in [1.807, 2.05) is 12.1 Å². The van der Waals surface area contributed by atoms with E-state index in [1.54, 1.807) is 0 Å². The molecule has 0 spiro atoms. The zero-order valence-corrected chi connectivity index (χ0v) is 12.7. The van der Waals surface area contributed by atoms with Crippen LogP contribution >= 0.6 is 12.4 Å². The summed E-state index contributed by atoms with van der Waals surface area (Å²) in [7, 11) is 0. The maximum Gasteiger partial charge on any atom is 0.130 e. The number of rotatable bonds is 0. The number of aliphatic hydroxyl groups is 1. The second-order valence-corrected chi connectivity index (χ2v) is 5.89. The summed E-state index contributed by atoms with van der Waals surface area (Å²) in [4.78, 5) is 0. The molecule has 3 heteroatoms. The molecule has 2 fully saturated rings. The first kappa shape index (κ1) is 15.4. The highest BCUT2D eigenvalue weighted by Gasteiger charge is 2.45. The molecule has 20 heavy (non-hydrogen) atoms. The lowest BCUT2D eigenvalue weighted by molar-refractivity contribution is 0.000968. The van der Waals surface area contributed by atoms with Crippen LogP contribution in [0.5, 0.6) is 0 Å². The molecule has 2 N–H and O–H groups in total. The fourth-order valence-electron chi connectivity index (χ4n) is 3.48. The lowest BCUT2D eigenvalue weighted by Crippen LogP contribution is -2.47. The van der Waals surface area contributed by atoms with Crippen LogP contribution in [-0.2, 0) is 0 Å². The number of aryl methyl sites for hydroxylation is 1. The predicted octanol–water partition coefficient (Wildman–Crippen LogP) is 2.66. The first-order valence-electron chi connectivity index (χ1n) is 7.23. The van der Waals surface area contributed by atoms with E-state index in [1.165, 1.54) is 12.0 Å². The Morgan fingerprint density at radius 2 is 2.20 bits per heavy atom. The van der Waals surface area contributed by atoms with Crippen LogP contribution in [0.25, 0.3) is 0 Å². The molecule has 1 saturated heterocycles. The van der Waals surface area contributed by atoms with Gasteiger partial charge in [-0.25, -0.2) is 0 Å². The third-order valence-electron chi connectivity index (χ3n) is 4.48. The van der Waals surface area contributed by atoms with Crippen LogP contribution in [0.3, 0.4) is 0 Å². The topological polar surface area (TPSA) is 32.3 Å². The summed E-state index contributed by atoms with van der Waals surface area (Å²) in [6.07, 6.45) is 4.10. The second-order valence-electron chi connectivity index (χ2n) is 5.89. The van der Waals surface area contributed by atoms with Crippen LogP contribution in [0.4, 0.5) is 0 Å². The van der Waals surface area contributed by atoms with Gasteiger partial charge in [0.25, 0.3) is 0 Å². The van der Waals surface area contributed by atoms with Crippen LogP contribution in [-0.4, -0.2) is 23.3 Å². The van der Waals surface area contributed by atoms with Crippen LogP contribution in [0, 0.1) is 24.7 Å². The number of halogens is 1. The summed E-state index contributed by atoms with van der Waals surface area (Å²) in [6.45, 7) is 3.08. The van der Waals surface area contributed by atoms with E-state index < -0.39 is 5.60 Å². The van der Waals surface area contributed by atoms with Crippen LogP contribution in [0.15, 0.2) is 24.3 Å². The van der Waals surface area contributed by atoms with E-state index >= 15 is 0 Å². The molecule has 108 valence electrons. The Morgan fingerprint density at radius 1 is 1.35 bits per heavy atom. The van der Waals surface area contributed by atoms with Gasteiger partial charge in [-0.15, -0.1) is 12.4 Å². The van der Waals surface area contributed by atoms with Crippen molar-refractivity contribution in [3.8, 4) is 11.8 Å². The molecular weight excluding hydrogens is 270 g/mol. The molecule has 2 aliphatic rings. The Kier molecular flexibility index (Phi) is 4.75. The highest BCUT2D eigenvalue weighted by atomic mass is 35.5. The van der Waals surface area contributed by atoms with Crippen molar-refractivity contribution in [1.29, 1.82) is 0 Å². The Balaban J connectivity index is 0.00000147. The van der Waals surface area contributed by atoms with Crippen molar-refractivity contribution >= 4 is 12.4 Å². The summed E-state index contributed by atoms with van der Waals surface area (Å²) in [5, 5.41) is 14.4. The molecule has 0 amide bonds. The molecule has 1 aliphatic carbocycles. The Bertz CT molecular complexity index is 533. The van der Waals surface area contributed by atoms with Gasteiger partial charge in [0.1, 0.15) is 5.60 Å². The fourth-order valence-corrected chi connectivity index (χ4v) is 3.48. The van der Waals surface area contributed by atoms with Crippen molar-refractivity contribution in [2.45, 2.75) is 44.2 Å². The fraction of sp³-hybridized carbons (Fsp3) is 0.529. The average Bonchev–Trinajstić information content (AvgIpc) is 2.87. The maximum absolute atomic E-state index is 10.9. The summed E-state index contributed by atoms with van der Waals surface area (Å²) >= 11 is 0. The van der Waals surface area contributed by atoms with E-state index in [0.717, 1.165) is 31.4 Å². The largest absolute Gasteiger partial charge is 0.377 e. The third kappa shape index (κ3) is 3.01. The average molecular weight is 292 g/mol. The molecule has 3 rings (SSSR count). The minimum atomic E-state index is -0.795. The highest BCUT2D eigenvalue weighted by molar-refractivity contribution is 5.85. The van der Waals surface area contributed by atoms with Gasteiger partial charge in [-0.3, -0.25) is 0 Å². The number of fused-ring (bicyclic) bond motifs is 1. The van der Waals surface area contributed by atoms with E-state index in [4.69, 9.17) is 0 Å². The maximum atomic E-state index is 10.9. The van der Waals surface area contributed by atoms with E-state index in [-0.39, 0.29) is 12.4 Å². The molecule has 3 atom stereocenters. The predicted molar refractivity (Wildman–Crippen MR) is 84.0 cm³/mol. The first-order chi connectivity index (χ1) is 9.17. The van der Waals surface area contributed by atoms with Gasteiger partial charge in [0.2, 0.25) is 0 Å². The lowest BCUT2D eigenvalue weighted by Gasteiger charge is -2.37. The summed E-state index contributed by atoms with van der Waals surface area (Å²) < 4.78 is 0. The molecule has 0 unspecified atom stereocenters. The summed E-state index contributed by atoms with van der Waals surface area (Å²) in [6, 6.07) is 8.63. The van der Waals surface area contributed by atoms with Crippen LogP contribution in [0.1, 0.15) is 36.8 Å². The molecule has 1 aromatic rings. The second kappa shape index (κ2) is 6.18. The lowest BCUT2D eigenvalue weighted by atomic mass is 9.73. The molecule has 1 aromatic carbocycles. The summed E-state index contributed by atoms with van der Waals surface area (Å²) in [5.41, 5.74) is 1.42. The molecule has 0 radical (unpaired) electrons. The van der Waals surface area contributed by atoms with Gasteiger partial charge in [0, 0.05) is 17.5 Å². The van der Waals surface area contributed by atoms with Gasteiger partial charge in [0.15, 0.2) is 0 Å². The minimum absolute atomic E-state index is 0. The minimum Gasteiger partial charge on any atom is -0.377 e. The van der Waals surface area contributed by atoms with E-state index in [9.17, 15) is 5.11 Å². The van der Waals surface area contributed by atoms with Gasteiger partial charge >= 0.3 is 0 Å². The quantitative estimate of drug-likeness (QED) is 0.720. The summed E-state index contributed by atoms with van der Waals surface area (Å²) in [5.74, 6) is 6.66. The number of benzene rings is 1. The van der Waals surface area contributed by atoms with E-state index in [2.05, 4.69) is 36.2 Å². The van der Waals surface area contributed by atoms with Crippen LogP contribution in [0.2, 0.25) is 0 Å². The monoisotopic (exact) mass is 291 g/mol. The van der Waals surface area contributed by atoms with E-state index in [0.29, 0.717) is 12.0 Å². The first-order valence-corrected chi connectivity index (χ1v) is 7.23. The van der Waals surface area contributed by atoms with Gasteiger partial charge in [0.05, 0.1) is 0 Å². The Morgan fingerprint density at radius 3 is 3.00 bits per heavy atom. The zero-order chi connectivity index (χ0) is 13.3. The smallest absolute Gasteiger partial charge is 0.130 e. The van der Waals surface area contributed by atoms with Crippen LogP contribution < -0.4 is 5.32 Å². The Hall–Kier alpha value is -1.01. The van der Waals surface area contributed by atoms with Crippen molar-refractivity contribution in [3.05, 3.63) is 35.4 Å². The van der Waals surface area contributed by atoms with Gasteiger partial charge < -0.3 is 10.4 Å². The van der Waals surface area contributed by atoms with Gasteiger partial charge in [-0.1, -0.05) is 24.0 Å². The normalized spacial score (nSPS) is 31.7. The standard InChI is InChI=1S/C17H21NO.ClH/c1-13-4-2-5-14(12-13)7-10-17(19)9-3-6-16-15(17)8-11-18-16;/h2,4-5,12,15-16,18-19H,3,6,8-9,11H2,1H3;1H/t15-,16-,17-;/m1./s1. The molecular formula is C17H22ClNO. The number of hydrogen-bond acceptors (Lipinski definition) is 2. The molecule has 0 aromatic heterocycles. The van der Waals surface area contributed by atoms with Crippen molar-refractivity contribution in [3.63, 3.8) is 0 Å². The molecule has 0 bridgehead atoms. The van der Waals surface area contributed by atoms with Crippen molar-refractivity contribution in [1.82, 2.24) is 5.32 Å². The SMILES string of the molecule is Cc1cccc(C#C[C@]2(O)CCC[C@H]3NCC[C@H]32)c1.Cl. The zero-order valence-electron chi connectivity index (χ0n) is 11.9. The molecule has 1 saturated carbocycles. The molecule has 2 nitrogen and oxygen atoms in total. The number of hydrogen-bond donors (Lipinski definition) is 2. The van der Waals surface area contributed by atoms with Gasteiger partial charge in [-0.2, -0.15) is 0 Å². The molecule has 1 aliphatic heterocycles. The molecule has 1 heterocycles. The number of nitrogens with one attached hydrogen (secondary N) is 1. The van der Waals surface area contributed by atoms with Crippen molar-refractivity contribution < 1.29 is 5.11 Å². The van der Waals surface area contributed by atoms with Crippen molar-refractivity contribution in [2.75, 3.05) is 6.54 Å². The van der Waals surface area contributed by atoms with Gasteiger partial charge in [-0.05, 0) is 56.8 Å². The Labute approximate surface area is 127 Å².